The molecule has 0 unspecified atom stereocenters. The smallest absolute Gasteiger partial charge is 0.126 e. The molecule has 0 bridgehead atoms. The van der Waals surface area contributed by atoms with Crippen molar-refractivity contribution in [2.45, 2.75) is 0 Å². The Balaban J connectivity index is 3.01. The standard InChI is InChI=1S/C8H8N2/c1-3-7-4-5-10-8(6-7)9-2/h1,4-6H,2H3,(H,9,10). The van der Waals surface area contributed by atoms with E-state index in [9.17, 15) is 0 Å². The molecule has 1 aromatic heterocycles. The van der Waals surface area contributed by atoms with Gasteiger partial charge in [-0.25, -0.2) is 4.98 Å². The minimum Gasteiger partial charge on any atom is -0.373 e. The number of anilines is 1. The van der Waals surface area contributed by atoms with Crippen LogP contribution in [0.2, 0.25) is 0 Å². The highest BCUT2D eigenvalue weighted by atomic mass is 14.9. The van der Waals surface area contributed by atoms with Crippen LogP contribution in [0.4, 0.5) is 5.82 Å². The van der Waals surface area contributed by atoms with E-state index in [1.807, 2.05) is 13.1 Å². The first kappa shape index (κ1) is 6.63. The maximum absolute atomic E-state index is 5.17. The molecular formula is C8H8N2. The molecule has 0 aliphatic heterocycles. The van der Waals surface area contributed by atoms with Gasteiger partial charge in [-0.15, -0.1) is 6.42 Å². The molecule has 0 saturated heterocycles. The fraction of sp³-hybridized carbons (Fsp3) is 0.125. The van der Waals surface area contributed by atoms with E-state index in [-0.39, 0.29) is 0 Å². The van der Waals surface area contributed by atoms with Crippen LogP contribution in [0.5, 0.6) is 0 Å². The summed E-state index contributed by atoms with van der Waals surface area (Å²) in [5.41, 5.74) is 0.847. The van der Waals surface area contributed by atoms with Crippen LogP contribution in [0.15, 0.2) is 18.3 Å². The number of nitrogens with one attached hydrogen (secondary N) is 1. The SMILES string of the molecule is C#Cc1ccnc(NC)c1. The second-order valence-corrected chi connectivity index (χ2v) is 1.82. The van der Waals surface area contributed by atoms with Crippen LogP contribution in [0, 0.1) is 12.3 Å². The molecule has 0 spiro atoms. The van der Waals surface area contributed by atoms with Gasteiger partial charge >= 0.3 is 0 Å². The van der Waals surface area contributed by atoms with Gasteiger partial charge in [-0.3, -0.25) is 0 Å². The van der Waals surface area contributed by atoms with Crippen LogP contribution < -0.4 is 5.32 Å². The number of hydrogen-bond acceptors (Lipinski definition) is 2. The normalized spacial score (nSPS) is 8.40. The van der Waals surface area contributed by atoms with Gasteiger partial charge in [0.2, 0.25) is 0 Å². The van der Waals surface area contributed by atoms with Crippen LogP contribution in [0.25, 0.3) is 0 Å². The molecule has 0 aliphatic carbocycles. The van der Waals surface area contributed by atoms with Crippen molar-refractivity contribution in [3.05, 3.63) is 23.9 Å². The minimum absolute atomic E-state index is 0.801. The van der Waals surface area contributed by atoms with Gasteiger partial charge in [-0.2, -0.15) is 0 Å². The molecule has 0 aromatic carbocycles. The molecule has 0 fully saturated rings. The van der Waals surface area contributed by atoms with Crippen LogP contribution >= 0.6 is 0 Å². The molecular weight excluding hydrogens is 124 g/mol. The lowest BCUT2D eigenvalue weighted by atomic mass is 10.3. The minimum atomic E-state index is 0.801. The van der Waals surface area contributed by atoms with E-state index in [0.717, 1.165) is 11.4 Å². The second-order valence-electron chi connectivity index (χ2n) is 1.82. The van der Waals surface area contributed by atoms with E-state index in [2.05, 4.69) is 16.2 Å². The summed E-state index contributed by atoms with van der Waals surface area (Å²) in [4.78, 5) is 4.00. The van der Waals surface area contributed by atoms with Gasteiger partial charge in [-0.05, 0) is 12.1 Å². The molecule has 0 radical (unpaired) electrons. The van der Waals surface area contributed by atoms with Crippen molar-refractivity contribution in [3.8, 4) is 12.3 Å². The van der Waals surface area contributed by atoms with E-state index in [1.54, 1.807) is 12.3 Å². The lowest BCUT2D eigenvalue weighted by Crippen LogP contribution is -1.91. The molecule has 0 saturated carbocycles. The van der Waals surface area contributed by atoms with Crippen molar-refractivity contribution in [1.29, 1.82) is 0 Å². The van der Waals surface area contributed by atoms with E-state index < -0.39 is 0 Å². The van der Waals surface area contributed by atoms with Crippen molar-refractivity contribution >= 4 is 5.82 Å². The Bertz CT molecular complexity index is 260. The predicted octanol–water partition coefficient (Wildman–Crippen LogP) is 1.10. The number of aromatic nitrogens is 1. The summed E-state index contributed by atoms with van der Waals surface area (Å²) in [6.07, 6.45) is 6.85. The Hall–Kier alpha value is -1.49. The summed E-state index contributed by atoms with van der Waals surface area (Å²) < 4.78 is 0. The summed E-state index contributed by atoms with van der Waals surface area (Å²) in [6.45, 7) is 0. The van der Waals surface area contributed by atoms with Crippen molar-refractivity contribution < 1.29 is 0 Å². The van der Waals surface area contributed by atoms with Gasteiger partial charge in [0.05, 0.1) is 0 Å². The zero-order chi connectivity index (χ0) is 7.40. The first-order valence-corrected chi connectivity index (χ1v) is 2.97. The van der Waals surface area contributed by atoms with Crippen LogP contribution in [0.3, 0.4) is 0 Å². The van der Waals surface area contributed by atoms with Crippen LogP contribution in [-0.4, -0.2) is 12.0 Å². The molecule has 1 rings (SSSR count). The molecule has 50 valence electrons. The van der Waals surface area contributed by atoms with Gasteiger partial charge in [0, 0.05) is 18.8 Å². The lowest BCUT2D eigenvalue weighted by Gasteiger charge is -1.96. The molecule has 0 atom stereocenters. The molecule has 0 amide bonds. The fourth-order valence-corrected chi connectivity index (χ4v) is 0.657. The van der Waals surface area contributed by atoms with E-state index in [1.165, 1.54) is 0 Å². The molecule has 0 aliphatic rings. The predicted molar refractivity (Wildman–Crippen MR) is 41.7 cm³/mol. The van der Waals surface area contributed by atoms with Crippen molar-refractivity contribution in [3.63, 3.8) is 0 Å². The highest BCUT2D eigenvalue weighted by Crippen LogP contribution is 2.03. The maximum Gasteiger partial charge on any atom is 0.126 e. The lowest BCUT2D eigenvalue weighted by molar-refractivity contribution is 1.28. The summed E-state index contributed by atoms with van der Waals surface area (Å²) in [7, 11) is 1.81. The van der Waals surface area contributed by atoms with Crippen molar-refractivity contribution in [1.82, 2.24) is 4.98 Å². The third-order valence-corrected chi connectivity index (χ3v) is 1.18. The average Bonchev–Trinajstić information content (AvgIpc) is 2.05. The molecule has 1 N–H and O–H groups in total. The number of nitrogens with zero attached hydrogens (tertiary/aromatic N) is 1. The highest BCUT2D eigenvalue weighted by molar-refractivity contribution is 5.42. The largest absolute Gasteiger partial charge is 0.373 e. The Morgan fingerprint density at radius 3 is 3.10 bits per heavy atom. The molecule has 2 heteroatoms. The van der Waals surface area contributed by atoms with Gasteiger partial charge < -0.3 is 5.32 Å². The maximum atomic E-state index is 5.17. The zero-order valence-corrected chi connectivity index (χ0v) is 5.76. The summed E-state index contributed by atoms with van der Waals surface area (Å²) >= 11 is 0. The summed E-state index contributed by atoms with van der Waals surface area (Å²) in [5, 5.41) is 2.90. The third-order valence-electron chi connectivity index (χ3n) is 1.18. The fourth-order valence-electron chi connectivity index (χ4n) is 0.657. The average molecular weight is 132 g/mol. The second kappa shape index (κ2) is 2.88. The first-order valence-electron chi connectivity index (χ1n) is 2.97. The Labute approximate surface area is 60.3 Å². The molecule has 1 heterocycles. The summed E-state index contributed by atoms with van der Waals surface area (Å²) in [6, 6.07) is 3.61. The van der Waals surface area contributed by atoms with Crippen LogP contribution in [-0.2, 0) is 0 Å². The van der Waals surface area contributed by atoms with Gasteiger partial charge in [0.15, 0.2) is 0 Å². The number of terminal acetylenes is 1. The molecule has 1 aromatic rings. The van der Waals surface area contributed by atoms with Crippen LogP contribution in [0.1, 0.15) is 5.56 Å². The number of pyridine rings is 1. The Kier molecular flexibility index (Phi) is 1.91. The Morgan fingerprint density at radius 2 is 2.50 bits per heavy atom. The van der Waals surface area contributed by atoms with Gasteiger partial charge in [0.1, 0.15) is 5.82 Å². The van der Waals surface area contributed by atoms with Gasteiger partial charge in [-0.1, -0.05) is 5.92 Å². The molecule has 2 nitrogen and oxygen atoms in total. The van der Waals surface area contributed by atoms with Crippen molar-refractivity contribution in [2.24, 2.45) is 0 Å². The van der Waals surface area contributed by atoms with Crippen molar-refractivity contribution in [2.75, 3.05) is 12.4 Å². The Morgan fingerprint density at radius 1 is 1.70 bits per heavy atom. The number of hydrogen-bond donors (Lipinski definition) is 1. The number of rotatable bonds is 1. The van der Waals surface area contributed by atoms with E-state index in [4.69, 9.17) is 6.42 Å². The molecule has 10 heavy (non-hydrogen) atoms. The quantitative estimate of drug-likeness (QED) is 0.579. The topological polar surface area (TPSA) is 24.9 Å². The highest BCUT2D eigenvalue weighted by Gasteiger charge is 1.88. The third kappa shape index (κ3) is 1.26. The van der Waals surface area contributed by atoms with Gasteiger partial charge in [0.25, 0.3) is 0 Å². The first-order chi connectivity index (χ1) is 4.86. The monoisotopic (exact) mass is 132 g/mol. The zero-order valence-electron chi connectivity index (χ0n) is 5.76. The van der Waals surface area contributed by atoms with E-state index in [0.29, 0.717) is 0 Å². The summed E-state index contributed by atoms with van der Waals surface area (Å²) in [5.74, 6) is 3.32. The van der Waals surface area contributed by atoms with E-state index >= 15 is 0 Å².